The summed E-state index contributed by atoms with van der Waals surface area (Å²) < 4.78 is 0. The van der Waals surface area contributed by atoms with Crippen LogP contribution in [0.25, 0.3) is 0 Å². The third-order valence-corrected chi connectivity index (χ3v) is 3.84. The van der Waals surface area contributed by atoms with E-state index in [1.54, 1.807) is 0 Å². The Labute approximate surface area is 104 Å². The van der Waals surface area contributed by atoms with Gasteiger partial charge in [0.25, 0.3) is 0 Å². The second kappa shape index (κ2) is 5.48. The molecule has 1 nitrogen and oxygen atoms in total. The third-order valence-electron chi connectivity index (χ3n) is 3.84. The fourth-order valence-corrected chi connectivity index (χ4v) is 2.63. The Bertz CT molecular complexity index is 369. The number of hydrogen-bond acceptors (Lipinski definition) is 1. The Balaban J connectivity index is 2.08. The SMILES string of the molecule is CC(C)c1ccc(C(=O)C2CCCCC2)cc1. The van der Waals surface area contributed by atoms with Crippen LogP contribution in [0.3, 0.4) is 0 Å². The van der Waals surface area contributed by atoms with Gasteiger partial charge in [0.1, 0.15) is 0 Å². The van der Waals surface area contributed by atoms with Gasteiger partial charge in [-0.15, -0.1) is 0 Å². The van der Waals surface area contributed by atoms with Gasteiger partial charge in [-0.3, -0.25) is 4.79 Å². The van der Waals surface area contributed by atoms with Crippen molar-refractivity contribution in [3.05, 3.63) is 35.4 Å². The first-order valence-corrected chi connectivity index (χ1v) is 6.82. The Kier molecular flexibility index (Phi) is 3.98. The summed E-state index contributed by atoms with van der Waals surface area (Å²) in [7, 11) is 0. The molecule has 0 unspecified atom stereocenters. The van der Waals surface area contributed by atoms with Gasteiger partial charge in [0.15, 0.2) is 5.78 Å². The highest BCUT2D eigenvalue weighted by atomic mass is 16.1. The van der Waals surface area contributed by atoms with E-state index in [-0.39, 0.29) is 5.92 Å². The molecule has 92 valence electrons. The smallest absolute Gasteiger partial charge is 0.165 e. The Hall–Kier alpha value is -1.11. The molecule has 0 amide bonds. The average Bonchev–Trinajstić information content (AvgIpc) is 2.39. The van der Waals surface area contributed by atoms with Gasteiger partial charge >= 0.3 is 0 Å². The monoisotopic (exact) mass is 230 g/mol. The number of carbonyl (C=O) groups is 1. The molecule has 1 aliphatic carbocycles. The predicted octanol–water partition coefficient (Wildman–Crippen LogP) is 4.57. The molecule has 0 aromatic heterocycles. The first-order valence-electron chi connectivity index (χ1n) is 6.82. The summed E-state index contributed by atoms with van der Waals surface area (Å²) in [6.45, 7) is 4.36. The molecule has 0 spiro atoms. The van der Waals surface area contributed by atoms with E-state index in [0.29, 0.717) is 11.7 Å². The minimum absolute atomic E-state index is 0.286. The van der Waals surface area contributed by atoms with Crippen molar-refractivity contribution in [3.63, 3.8) is 0 Å². The van der Waals surface area contributed by atoms with Crippen molar-refractivity contribution in [1.29, 1.82) is 0 Å². The Morgan fingerprint density at radius 1 is 1.06 bits per heavy atom. The lowest BCUT2D eigenvalue weighted by atomic mass is 9.83. The van der Waals surface area contributed by atoms with Gasteiger partial charge in [0.2, 0.25) is 0 Å². The average molecular weight is 230 g/mol. The van der Waals surface area contributed by atoms with Crippen LogP contribution >= 0.6 is 0 Å². The van der Waals surface area contributed by atoms with Crippen LogP contribution in [0.15, 0.2) is 24.3 Å². The van der Waals surface area contributed by atoms with Crippen LogP contribution in [0, 0.1) is 5.92 Å². The van der Waals surface area contributed by atoms with Crippen molar-refractivity contribution in [2.75, 3.05) is 0 Å². The Morgan fingerprint density at radius 3 is 2.18 bits per heavy atom. The second-order valence-corrected chi connectivity index (χ2v) is 5.48. The summed E-state index contributed by atoms with van der Waals surface area (Å²) in [5.41, 5.74) is 2.21. The molecule has 1 saturated carbocycles. The topological polar surface area (TPSA) is 17.1 Å². The van der Waals surface area contributed by atoms with Crippen molar-refractivity contribution in [2.24, 2.45) is 5.92 Å². The summed E-state index contributed by atoms with van der Waals surface area (Å²) >= 11 is 0. The lowest BCUT2D eigenvalue weighted by molar-refractivity contribution is 0.0889. The van der Waals surface area contributed by atoms with Gasteiger partial charge in [0.05, 0.1) is 0 Å². The van der Waals surface area contributed by atoms with Crippen LogP contribution in [0.4, 0.5) is 0 Å². The quantitative estimate of drug-likeness (QED) is 0.695. The van der Waals surface area contributed by atoms with E-state index in [1.165, 1.54) is 24.8 Å². The zero-order valence-corrected chi connectivity index (χ0v) is 10.9. The molecular weight excluding hydrogens is 208 g/mol. The first kappa shape index (κ1) is 12.3. The highest BCUT2D eigenvalue weighted by Gasteiger charge is 2.22. The molecular formula is C16H22O. The number of hydrogen-bond donors (Lipinski definition) is 0. The number of rotatable bonds is 3. The molecule has 0 bridgehead atoms. The number of benzene rings is 1. The minimum atomic E-state index is 0.286. The maximum Gasteiger partial charge on any atom is 0.165 e. The molecule has 17 heavy (non-hydrogen) atoms. The van der Waals surface area contributed by atoms with Crippen LogP contribution < -0.4 is 0 Å². The summed E-state index contributed by atoms with van der Waals surface area (Å²) in [6, 6.07) is 8.21. The molecule has 0 saturated heterocycles. The summed E-state index contributed by atoms with van der Waals surface area (Å²) in [4.78, 5) is 12.3. The van der Waals surface area contributed by atoms with Crippen molar-refractivity contribution < 1.29 is 4.79 Å². The molecule has 0 radical (unpaired) electrons. The lowest BCUT2D eigenvalue weighted by Crippen LogP contribution is -2.17. The molecule has 0 heterocycles. The molecule has 2 rings (SSSR count). The molecule has 1 heteroatoms. The molecule has 1 aromatic carbocycles. The van der Waals surface area contributed by atoms with Crippen molar-refractivity contribution in [1.82, 2.24) is 0 Å². The number of carbonyl (C=O) groups excluding carboxylic acids is 1. The largest absolute Gasteiger partial charge is 0.294 e. The Morgan fingerprint density at radius 2 is 1.65 bits per heavy atom. The predicted molar refractivity (Wildman–Crippen MR) is 71.4 cm³/mol. The van der Waals surface area contributed by atoms with E-state index in [0.717, 1.165) is 18.4 Å². The van der Waals surface area contributed by atoms with E-state index < -0.39 is 0 Å². The van der Waals surface area contributed by atoms with Gasteiger partial charge in [-0.25, -0.2) is 0 Å². The fourth-order valence-electron chi connectivity index (χ4n) is 2.63. The van der Waals surface area contributed by atoms with E-state index in [4.69, 9.17) is 0 Å². The summed E-state index contributed by atoms with van der Waals surface area (Å²) in [6.07, 6.45) is 5.92. The van der Waals surface area contributed by atoms with Crippen LogP contribution in [0.2, 0.25) is 0 Å². The van der Waals surface area contributed by atoms with Crippen molar-refractivity contribution >= 4 is 5.78 Å². The van der Waals surface area contributed by atoms with E-state index in [1.807, 2.05) is 12.1 Å². The fraction of sp³-hybridized carbons (Fsp3) is 0.562. The molecule has 0 N–H and O–H groups in total. The van der Waals surface area contributed by atoms with E-state index in [9.17, 15) is 4.79 Å². The number of Topliss-reactive ketones (excluding diaryl/α,β-unsaturated/α-hetero) is 1. The van der Waals surface area contributed by atoms with E-state index >= 15 is 0 Å². The zero-order valence-electron chi connectivity index (χ0n) is 10.9. The third kappa shape index (κ3) is 2.96. The highest BCUT2D eigenvalue weighted by Crippen LogP contribution is 2.27. The van der Waals surface area contributed by atoms with Crippen LogP contribution in [0.1, 0.15) is 67.8 Å². The van der Waals surface area contributed by atoms with Crippen molar-refractivity contribution in [2.45, 2.75) is 51.9 Å². The van der Waals surface area contributed by atoms with E-state index in [2.05, 4.69) is 26.0 Å². The maximum atomic E-state index is 12.3. The van der Waals surface area contributed by atoms with Crippen LogP contribution in [0.5, 0.6) is 0 Å². The molecule has 1 aliphatic rings. The zero-order chi connectivity index (χ0) is 12.3. The van der Waals surface area contributed by atoms with Crippen LogP contribution in [-0.4, -0.2) is 5.78 Å². The van der Waals surface area contributed by atoms with Gasteiger partial charge in [-0.2, -0.15) is 0 Å². The van der Waals surface area contributed by atoms with Gasteiger partial charge in [-0.1, -0.05) is 57.4 Å². The normalized spacial score (nSPS) is 17.4. The van der Waals surface area contributed by atoms with Crippen LogP contribution in [-0.2, 0) is 0 Å². The van der Waals surface area contributed by atoms with Gasteiger partial charge < -0.3 is 0 Å². The highest BCUT2D eigenvalue weighted by molar-refractivity contribution is 5.97. The molecule has 1 fully saturated rings. The minimum Gasteiger partial charge on any atom is -0.294 e. The molecule has 0 atom stereocenters. The maximum absolute atomic E-state index is 12.3. The lowest BCUT2D eigenvalue weighted by Gasteiger charge is -2.20. The molecule has 1 aromatic rings. The molecule has 0 aliphatic heterocycles. The summed E-state index contributed by atoms with van der Waals surface area (Å²) in [5, 5.41) is 0. The number of ketones is 1. The van der Waals surface area contributed by atoms with Gasteiger partial charge in [0, 0.05) is 11.5 Å². The second-order valence-electron chi connectivity index (χ2n) is 5.48. The standard InChI is InChI=1S/C16H22O/c1-12(2)13-8-10-15(11-9-13)16(17)14-6-4-3-5-7-14/h8-12,14H,3-7H2,1-2H3. The first-order chi connectivity index (χ1) is 8.18. The van der Waals surface area contributed by atoms with Gasteiger partial charge in [-0.05, 0) is 24.3 Å². The summed E-state index contributed by atoms with van der Waals surface area (Å²) in [5.74, 6) is 1.18. The van der Waals surface area contributed by atoms with Crippen molar-refractivity contribution in [3.8, 4) is 0 Å².